The Morgan fingerprint density at radius 3 is 2.55 bits per heavy atom. The van der Waals surface area contributed by atoms with Gasteiger partial charge in [0.15, 0.2) is 0 Å². The molecule has 0 aromatic heterocycles. The third-order valence-corrected chi connectivity index (χ3v) is 2.90. The van der Waals surface area contributed by atoms with E-state index in [1.54, 1.807) is 37.3 Å². The Hall–Kier alpha value is -2.53. The van der Waals surface area contributed by atoms with Crippen molar-refractivity contribution in [3.63, 3.8) is 0 Å². The molecule has 2 aromatic rings. The average molecular weight is 320 g/mol. The van der Waals surface area contributed by atoms with E-state index < -0.39 is 12.1 Å². The van der Waals surface area contributed by atoms with Gasteiger partial charge in [0.2, 0.25) is 0 Å². The number of halogens is 1. The number of esters is 1. The van der Waals surface area contributed by atoms with E-state index in [1.807, 2.05) is 6.07 Å². The Balaban J connectivity index is 2.15. The fraction of sp³-hybridized carbons (Fsp3) is 0.125. The molecular formula is C16H14ClNO4. The lowest BCUT2D eigenvalue weighted by molar-refractivity contribution is 0.0527. The first-order chi connectivity index (χ1) is 10.6. The molecule has 0 aliphatic carbocycles. The van der Waals surface area contributed by atoms with E-state index in [9.17, 15) is 9.59 Å². The summed E-state index contributed by atoms with van der Waals surface area (Å²) in [5, 5.41) is 2.87. The molecule has 22 heavy (non-hydrogen) atoms. The van der Waals surface area contributed by atoms with Gasteiger partial charge in [-0.1, -0.05) is 29.8 Å². The number of carbonyl (C=O) groups is 2. The standard InChI is InChI=1S/C16H14ClNO4/c1-2-21-15(19)13-10-11(17)8-9-14(13)18-16(20)22-12-6-4-3-5-7-12/h3-10H,2H2,1H3,(H,18,20). The Morgan fingerprint density at radius 2 is 1.86 bits per heavy atom. The first-order valence-electron chi connectivity index (χ1n) is 6.60. The maximum atomic E-state index is 11.9. The Morgan fingerprint density at radius 1 is 1.14 bits per heavy atom. The SMILES string of the molecule is CCOC(=O)c1cc(Cl)ccc1NC(=O)Oc1ccccc1. The first-order valence-corrected chi connectivity index (χ1v) is 6.98. The molecule has 0 fully saturated rings. The minimum absolute atomic E-state index is 0.166. The minimum atomic E-state index is -0.709. The lowest BCUT2D eigenvalue weighted by Gasteiger charge is -2.11. The maximum Gasteiger partial charge on any atom is 0.417 e. The molecule has 0 radical (unpaired) electrons. The summed E-state index contributed by atoms with van der Waals surface area (Å²) in [6.45, 7) is 1.92. The Labute approximate surface area is 132 Å². The van der Waals surface area contributed by atoms with Gasteiger partial charge in [-0.15, -0.1) is 0 Å². The molecule has 0 aliphatic rings. The number of anilines is 1. The van der Waals surface area contributed by atoms with Crippen LogP contribution >= 0.6 is 11.6 Å². The van der Waals surface area contributed by atoms with Crippen LogP contribution in [0.1, 0.15) is 17.3 Å². The number of hydrogen-bond donors (Lipinski definition) is 1. The molecule has 114 valence electrons. The topological polar surface area (TPSA) is 64.6 Å². The van der Waals surface area contributed by atoms with Crippen molar-refractivity contribution >= 4 is 29.4 Å². The van der Waals surface area contributed by atoms with E-state index >= 15 is 0 Å². The van der Waals surface area contributed by atoms with Crippen LogP contribution in [0.15, 0.2) is 48.5 Å². The number of hydrogen-bond acceptors (Lipinski definition) is 4. The number of amides is 1. The lowest BCUT2D eigenvalue weighted by atomic mass is 10.2. The molecule has 0 spiro atoms. The Kier molecular flexibility index (Phi) is 5.38. The molecule has 0 saturated carbocycles. The Bertz CT molecular complexity index is 673. The van der Waals surface area contributed by atoms with Crippen LogP contribution in [0, 0.1) is 0 Å². The second-order valence-corrected chi connectivity index (χ2v) is 4.67. The van der Waals surface area contributed by atoms with E-state index in [-0.39, 0.29) is 17.9 Å². The van der Waals surface area contributed by atoms with Crippen molar-refractivity contribution in [2.45, 2.75) is 6.92 Å². The van der Waals surface area contributed by atoms with Crippen LogP contribution in [0.2, 0.25) is 5.02 Å². The van der Waals surface area contributed by atoms with E-state index in [0.717, 1.165) is 0 Å². The van der Waals surface area contributed by atoms with E-state index in [2.05, 4.69) is 5.32 Å². The van der Waals surface area contributed by atoms with Crippen LogP contribution in [0.4, 0.5) is 10.5 Å². The summed E-state index contributed by atoms with van der Waals surface area (Å²) in [5.74, 6) is -0.174. The normalized spacial score (nSPS) is 9.91. The van der Waals surface area contributed by atoms with Gasteiger partial charge in [0, 0.05) is 5.02 Å². The molecule has 0 aliphatic heterocycles. The smallest absolute Gasteiger partial charge is 0.417 e. The van der Waals surface area contributed by atoms with Gasteiger partial charge in [-0.3, -0.25) is 5.32 Å². The van der Waals surface area contributed by atoms with E-state index in [0.29, 0.717) is 10.8 Å². The molecule has 0 saturated heterocycles. The van der Waals surface area contributed by atoms with Gasteiger partial charge in [0.1, 0.15) is 5.75 Å². The molecule has 2 rings (SSSR count). The quantitative estimate of drug-likeness (QED) is 0.861. The number of para-hydroxylation sites is 1. The highest BCUT2D eigenvalue weighted by atomic mass is 35.5. The van der Waals surface area contributed by atoms with Gasteiger partial charge in [0.05, 0.1) is 17.9 Å². The zero-order chi connectivity index (χ0) is 15.9. The zero-order valence-corrected chi connectivity index (χ0v) is 12.6. The number of rotatable bonds is 4. The lowest BCUT2D eigenvalue weighted by Crippen LogP contribution is -2.19. The highest BCUT2D eigenvalue weighted by Gasteiger charge is 2.16. The second kappa shape index (κ2) is 7.47. The predicted octanol–water partition coefficient (Wildman–Crippen LogP) is 4.13. The number of nitrogens with one attached hydrogen (secondary N) is 1. The summed E-state index contributed by atoms with van der Waals surface area (Å²) in [4.78, 5) is 23.8. The molecule has 1 amide bonds. The second-order valence-electron chi connectivity index (χ2n) is 4.24. The van der Waals surface area contributed by atoms with Gasteiger partial charge in [-0.25, -0.2) is 9.59 Å². The summed E-state index contributed by atoms with van der Waals surface area (Å²) in [7, 11) is 0. The van der Waals surface area contributed by atoms with Gasteiger partial charge in [-0.05, 0) is 37.3 Å². The molecule has 2 aromatic carbocycles. The van der Waals surface area contributed by atoms with Crippen molar-refractivity contribution in [1.29, 1.82) is 0 Å². The van der Waals surface area contributed by atoms with Crippen LogP contribution < -0.4 is 10.1 Å². The predicted molar refractivity (Wildman–Crippen MR) is 83.5 cm³/mol. The van der Waals surface area contributed by atoms with Crippen molar-refractivity contribution in [1.82, 2.24) is 0 Å². The van der Waals surface area contributed by atoms with E-state index in [4.69, 9.17) is 21.1 Å². The third-order valence-electron chi connectivity index (χ3n) is 2.67. The molecule has 5 nitrogen and oxygen atoms in total. The van der Waals surface area contributed by atoms with Crippen LogP contribution in [0.3, 0.4) is 0 Å². The number of benzene rings is 2. The summed E-state index contributed by atoms with van der Waals surface area (Å²) >= 11 is 5.88. The number of carbonyl (C=O) groups excluding carboxylic acids is 2. The molecular weight excluding hydrogens is 306 g/mol. The molecule has 0 heterocycles. The van der Waals surface area contributed by atoms with Crippen molar-refractivity contribution in [3.8, 4) is 5.75 Å². The zero-order valence-electron chi connectivity index (χ0n) is 11.8. The average Bonchev–Trinajstić information content (AvgIpc) is 2.50. The molecule has 0 bridgehead atoms. The minimum Gasteiger partial charge on any atom is -0.462 e. The molecule has 6 heteroatoms. The van der Waals surface area contributed by atoms with Crippen LogP contribution in [-0.4, -0.2) is 18.7 Å². The first kappa shape index (κ1) is 15.9. The fourth-order valence-corrected chi connectivity index (χ4v) is 1.91. The maximum absolute atomic E-state index is 11.9. The molecule has 1 N–H and O–H groups in total. The third kappa shape index (κ3) is 4.23. The summed E-state index contributed by atoms with van der Waals surface area (Å²) in [6, 6.07) is 13.1. The van der Waals surface area contributed by atoms with Crippen LogP contribution in [0.5, 0.6) is 5.75 Å². The van der Waals surface area contributed by atoms with Crippen molar-refractivity contribution in [2.24, 2.45) is 0 Å². The summed E-state index contributed by atoms with van der Waals surface area (Å²) in [6.07, 6.45) is -0.709. The van der Waals surface area contributed by atoms with Crippen molar-refractivity contribution in [2.75, 3.05) is 11.9 Å². The van der Waals surface area contributed by atoms with Crippen LogP contribution in [-0.2, 0) is 4.74 Å². The highest BCUT2D eigenvalue weighted by molar-refractivity contribution is 6.31. The van der Waals surface area contributed by atoms with Gasteiger partial charge in [0.25, 0.3) is 0 Å². The van der Waals surface area contributed by atoms with Gasteiger partial charge < -0.3 is 9.47 Å². The largest absolute Gasteiger partial charge is 0.462 e. The summed E-state index contributed by atoms with van der Waals surface area (Å²) in [5.41, 5.74) is 0.433. The number of ether oxygens (including phenoxy) is 2. The van der Waals surface area contributed by atoms with Gasteiger partial charge in [-0.2, -0.15) is 0 Å². The summed E-state index contributed by atoms with van der Waals surface area (Å²) < 4.78 is 10.0. The fourth-order valence-electron chi connectivity index (χ4n) is 1.73. The van der Waals surface area contributed by atoms with Crippen molar-refractivity contribution in [3.05, 3.63) is 59.1 Å². The van der Waals surface area contributed by atoms with E-state index in [1.165, 1.54) is 12.1 Å². The highest BCUT2D eigenvalue weighted by Crippen LogP contribution is 2.22. The monoisotopic (exact) mass is 319 g/mol. The van der Waals surface area contributed by atoms with Gasteiger partial charge >= 0.3 is 12.1 Å². The molecule has 0 atom stereocenters. The van der Waals surface area contributed by atoms with Crippen LogP contribution in [0.25, 0.3) is 0 Å². The van der Waals surface area contributed by atoms with Crippen molar-refractivity contribution < 1.29 is 19.1 Å². The molecule has 0 unspecified atom stereocenters.